The molecular formula is C15H26N2O. The van der Waals surface area contributed by atoms with Crippen LogP contribution in [0.2, 0.25) is 0 Å². The average Bonchev–Trinajstić information content (AvgIpc) is 2.39. The predicted molar refractivity (Wildman–Crippen MR) is 76.8 cm³/mol. The van der Waals surface area contributed by atoms with Crippen molar-refractivity contribution in [2.45, 2.75) is 19.4 Å². The predicted octanol–water partition coefficient (Wildman–Crippen LogP) is 2.31. The van der Waals surface area contributed by atoms with Crippen LogP contribution in [0, 0.1) is 0 Å². The molecule has 0 aliphatic carbocycles. The van der Waals surface area contributed by atoms with Crippen molar-refractivity contribution in [1.82, 2.24) is 10.2 Å². The van der Waals surface area contributed by atoms with E-state index in [1.165, 1.54) is 5.56 Å². The molecule has 102 valence electrons. The van der Waals surface area contributed by atoms with Gasteiger partial charge in [0, 0.05) is 32.8 Å². The Hall–Kier alpha value is -0.900. The minimum absolute atomic E-state index is 0.406. The van der Waals surface area contributed by atoms with Crippen LogP contribution in [0.5, 0.6) is 0 Å². The zero-order valence-electron chi connectivity index (χ0n) is 11.9. The third kappa shape index (κ3) is 5.63. The molecule has 0 aliphatic rings. The largest absolute Gasteiger partial charge is 0.385 e. The fourth-order valence-electron chi connectivity index (χ4n) is 2.10. The van der Waals surface area contributed by atoms with Crippen molar-refractivity contribution in [3.63, 3.8) is 0 Å². The number of ether oxygens (including phenoxy) is 1. The van der Waals surface area contributed by atoms with E-state index in [2.05, 4.69) is 54.5 Å². The monoisotopic (exact) mass is 250 g/mol. The Morgan fingerprint density at radius 1 is 1.28 bits per heavy atom. The molecule has 0 bridgehead atoms. The minimum atomic E-state index is 0.406. The van der Waals surface area contributed by atoms with Gasteiger partial charge in [0.05, 0.1) is 0 Å². The van der Waals surface area contributed by atoms with Crippen molar-refractivity contribution in [1.29, 1.82) is 0 Å². The number of hydrogen-bond acceptors (Lipinski definition) is 3. The van der Waals surface area contributed by atoms with E-state index in [0.29, 0.717) is 6.04 Å². The fraction of sp³-hybridized carbons (Fsp3) is 0.600. The quantitative estimate of drug-likeness (QED) is 0.681. The molecule has 1 atom stereocenters. The van der Waals surface area contributed by atoms with Gasteiger partial charge in [-0.25, -0.2) is 0 Å². The Kier molecular flexibility index (Phi) is 7.65. The highest BCUT2D eigenvalue weighted by Crippen LogP contribution is 2.13. The van der Waals surface area contributed by atoms with Crippen LogP contribution < -0.4 is 5.32 Å². The van der Waals surface area contributed by atoms with Gasteiger partial charge in [0.15, 0.2) is 0 Å². The van der Waals surface area contributed by atoms with E-state index in [9.17, 15) is 0 Å². The summed E-state index contributed by atoms with van der Waals surface area (Å²) in [5, 5.41) is 3.55. The molecule has 0 saturated carbocycles. The molecule has 0 saturated heterocycles. The molecule has 1 aromatic carbocycles. The van der Waals surface area contributed by atoms with Crippen molar-refractivity contribution in [2.75, 3.05) is 40.4 Å². The van der Waals surface area contributed by atoms with Crippen LogP contribution in [0.3, 0.4) is 0 Å². The molecule has 3 nitrogen and oxygen atoms in total. The topological polar surface area (TPSA) is 24.5 Å². The summed E-state index contributed by atoms with van der Waals surface area (Å²) in [7, 11) is 3.92. The molecule has 0 spiro atoms. The average molecular weight is 250 g/mol. The lowest BCUT2D eigenvalue weighted by atomic mass is 10.1. The molecule has 1 aromatic rings. The van der Waals surface area contributed by atoms with Crippen LogP contribution >= 0.6 is 0 Å². The highest BCUT2D eigenvalue weighted by Gasteiger charge is 2.12. The number of nitrogens with zero attached hydrogens (tertiary/aromatic N) is 1. The van der Waals surface area contributed by atoms with Gasteiger partial charge in [0.1, 0.15) is 0 Å². The number of hydrogen-bond donors (Lipinski definition) is 1. The van der Waals surface area contributed by atoms with Crippen LogP contribution in [-0.4, -0.2) is 45.3 Å². The Morgan fingerprint density at radius 2 is 2.00 bits per heavy atom. The van der Waals surface area contributed by atoms with Gasteiger partial charge >= 0.3 is 0 Å². The van der Waals surface area contributed by atoms with Crippen molar-refractivity contribution >= 4 is 0 Å². The van der Waals surface area contributed by atoms with Crippen LogP contribution in [-0.2, 0) is 4.74 Å². The fourth-order valence-corrected chi connectivity index (χ4v) is 2.10. The molecule has 0 heterocycles. The summed E-state index contributed by atoms with van der Waals surface area (Å²) in [6, 6.07) is 11.1. The number of rotatable bonds is 9. The summed E-state index contributed by atoms with van der Waals surface area (Å²) in [4.78, 5) is 2.36. The molecule has 0 radical (unpaired) electrons. The van der Waals surface area contributed by atoms with E-state index in [0.717, 1.165) is 32.7 Å². The molecule has 3 heteroatoms. The van der Waals surface area contributed by atoms with Crippen LogP contribution in [0.15, 0.2) is 30.3 Å². The van der Waals surface area contributed by atoms with E-state index >= 15 is 0 Å². The van der Waals surface area contributed by atoms with Gasteiger partial charge in [-0.2, -0.15) is 0 Å². The lowest BCUT2D eigenvalue weighted by molar-refractivity contribution is 0.176. The summed E-state index contributed by atoms with van der Waals surface area (Å²) < 4.78 is 5.09. The SMILES string of the molecule is CCNC(CN(C)CCCOC)c1ccccc1. The Labute approximate surface area is 111 Å². The minimum Gasteiger partial charge on any atom is -0.385 e. The Morgan fingerprint density at radius 3 is 2.61 bits per heavy atom. The van der Waals surface area contributed by atoms with E-state index < -0.39 is 0 Å². The van der Waals surface area contributed by atoms with Gasteiger partial charge in [0.25, 0.3) is 0 Å². The standard InChI is InChI=1S/C15H26N2O/c1-4-16-15(14-9-6-5-7-10-14)13-17(2)11-8-12-18-3/h5-7,9-10,15-16H,4,8,11-13H2,1-3H3. The molecule has 1 N–H and O–H groups in total. The second-order valence-electron chi connectivity index (χ2n) is 4.63. The number of benzene rings is 1. The molecule has 0 amide bonds. The van der Waals surface area contributed by atoms with Crippen LogP contribution in [0.4, 0.5) is 0 Å². The Bertz CT molecular complexity index is 303. The smallest absolute Gasteiger partial charge is 0.0474 e. The molecule has 1 rings (SSSR count). The number of methoxy groups -OCH3 is 1. The summed E-state index contributed by atoms with van der Waals surface area (Å²) in [5.41, 5.74) is 1.36. The summed E-state index contributed by atoms with van der Waals surface area (Å²) >= 11 is 0. The number of nitrogens with one attached hydrogen (secondary N) is 1. The zero-order chi connectivity index (χ0) is 13.2. The summed E-state index contributed by atoms with van der Waals surface area (Å²) in [6.07, 6.45) is 1.08. The first-order chi connectivity index (χ1) is 8.77. The molecule has 0 aromatic heterocycles. The lowest BCUT2D eigenvalue weighted by Gasteiger charge is -2.25. The van der Waals surface area contributed by atoms with Gasteiger partial charge < -0.3 is 15.0 Å². The van der Waals surface area contributed by atoms with Crippen LogP contribution in [0.1, 0.15) is 24.9 Å². The highest BCUT2D eigenvalue weighted by atomic mass is 16.5. The first-order valence-corrected chi connectivity index (χ1v) is 6.73. The first-order valence-electron chi connectivity index (χ1n) is 6.73. The third-order valence-electron chi connectivity index (χ3n) is 3.04. The van der Waals surface area contributed by atoms with Crippen molar-refractivity contribution in [3.05, 3.63) is 35.9 Å². The molecule has 1 unspecified atom stereocenters. The van der Waals surface area contributed by atoms with Gasteiger partial charge in [-0.05, 0) is 25.6 Å². The van der Waals surface area contributed by atoms with Crippen molar-refractivity contribution < 1.29 is 4.74 Å². The maximum Gasteiger partial charge on any atom is 0.0474 e. The van der Waals surface area contributed by atoms with Gasteiger partial charge in [0.2, 0.25) is 0 Å². The Balaban J connectivity index is 2.47. The third-order valence-corrected chi connectivity index (χ3v) is 3.04. The molecule has 0 aliphatic heterocycles. The van der Waals surface area contributed by atoms with Crippen LogP contribution in [0.25, 0.3) is 0 Å². The summed E-state index contributed by atoms with van der Waals surface area (Å²) in [5.74, 6) is 0. The van der Waals surface area contributed by atoms with E-state index in [-0.39, 0.29) is 0 Å². The first kappa shape index (κ1) is 15.2. The van der Waals surface area contributed by atoms with Gasteiger partial charge in [-0.15, -0.1) is 0 Å². The molecule has 18 heavy (non-hydrogen) atoms. The second kappa shape index (κ2) is 9.09. The zero-order valence-corrected chi connectivity index (χ0v) is 11.9. The highest BCUT2D eigenvalue weighted by molar-refractivity contribution is 5.19. The van der Waals surface area contributed by atoms with Crippen molar-refractivity contribution in [2.24, 2.45) is 0 Å². The van der Waals surface area contributed by atoms with Gasteiger partial charge in [-0.3, -0.25) is 0 Å². The maximum absolute atomic E-state index is 5.09. The second-order valence-corrected chi connectivity index (χ2v) is 4.63. The molecular weight excluding hydrogens is 224 g/mol. The van der Waals surface area contributed by atoms with Crippen molar-refractivity contribution in [3.8, 4) is 0 Å². The van der Waals surface area contributed by atoms with E-state index in [4.69, 9.17) is 4.74 Å². The van der Waals surface area contributed by atoms with E-state index in [1.807, 2.05) is 0 Å². The maximum atomic E-state index is 5.09. The van der Waals surface area contributed by atoms with Gasteiger partial charge in [-0.1, -0.05) is 37.3 Å². The normalized spacial score (nSPS) is 12.9. The van der Waals surface area contributed by atoms with E-state index in [1.54, 1.807) is 7.11 Å². The lowest BCUT2D eigenvalue weighted by Crippen LogP contribution is -2.33. The summed E-state index contributed by atoms with van der Waals surface area (Å²) in [6.45, 7) is 6.08. The number of likely N-dealkylation sites (N-methyl/N-ethyl adjacent to an activating group) is 2. The molecule has 0 fully saturated rings.